The molecule has 0 bridgehead atoms. The Labute approximate surface area is 172 Å². The van der Waals surface area contributed by atoms with Gasteiger partial charge in [-0.3, -0.25) is 4.79 Å². The lowest BCUT2D eigenvalue weighted by Gasteiger charge is -2.06. The summed E-state index contributed by atoms with van der Waals surface area (Å²) in [7, 11) is -0.375. The number of methoxy groups -OCH3 is 2. The number of terminal acetylenes is 1. The number of sulfone groups is 1. The molecule has 0 N–H and O–H groups in total. The Balaban J connectivity index is 2.17. The number of fused-ring (bicyclic) bond motifs is 1. The van der Waals surface area contributed by atoms with Crippen LogP contribution in [-0.4, -0.2) is 39.4 Å². The first-order chi connectivity index (χ1) is 13.8. The molecule has 7 nitrogen and oxygen atoms in total. The van der Waals surface area contributed by atoms with Crippen molar-refractivity contribution in [3.05, 3.63) is 46.8 Å². The number of hydrogen-bond donors (Lipinski definition) is 0. The van der Waals surface area contributed by atoms with E-state index < -0.39 is 15.7 Å². The number of aromatic nitrogens is 1. The van der Waals surface area contributed by atoms with Crippen LogP contribution >= 0.6 is 11.3 Å². The second-order valence-electron chi connectivity index (χ2n) is 6.09. The van der Waals surface area contributed by atoms with Gasteiger partial charge in [-0.2, -0.15) is 4.99 Å². The molecule has 0 aliphatic carbocycles. The minimum atomic E-state index is -3.36. The number of ether oxygens (including phenoxy) is 2. The highest BCUT2D eigenvalue weighted by Gasteiger charge is 2.14. The normalized spacial score (nSPS) is 12.0. The van der Waals surface area contributed by atoms with E-state index in [4.69, 9.17) is 15.9 Å². The zero-order valence-electron chi connectivity index (χ0n) is 16.0. The van der Waals surface area contributed by atoms with Gasteiger partial charge in [-0.25, -0.2) is 8.42 Å². The van der Waals surface area contributed by atoms with Crippen LogP contribution in [0.2, 0.25) is 0 Å². The maximum Gasteiger partial charge on any atom is 0.279 e. The van der Waals surface area contributed by atoms with Crippen molar-refractivity contribution in [3.8, 4) is 23.8 Å². The Hall–Kier alpha value is -3.09. The van der Waals surface area contributed by atoms with Crippen molar-refractivity contribution in [3.63, 3.8) is 0 Å². The number of carbonyl (C=O) groups excluding carboxylic acids is 1. The second-order valence-corrected chi connectivity index (χ2v) is 9.12. The summed E-state index contributed by atoms with van der Waals surface area (Å²) < 4.78 is 36.4. The lowest BCUT2D eigenvalue weighted by Crippen LogP contribution is -2.16. The first-order valence-electron chi connectivity index (χ1n) is 8.36. The summed E-state index contributed by atoms with van der Waals surface area (Å²) in [4.78, 5) is 17.6. The predicted molar refractivity (Wildman–Crippen MR) is 111 cm³/mol. The van der Waals surface area contributed by atoms with E-state index in [0.717, 1.165) is 6.26 Å². The average Bonchev–Trinajstić information content (AvgIpc) is 3.03. The third-order valence-electron chi connectivity index (χ3n) is 4.13. The van der Waals surface area contributed by atoms with Gasteiger partial charge in [-0.1, -0.05) is 17.3 Å². The minimum Gasteiger partial charge on any atom is -0.497 e. The molecule has 0 fully saturated rings. The summed E-state index contributed by atoms with van der Waals surface area (Å²) in [6, 6.07) is 9.51. The van der Waals surface area contributed by atoms with E-state index in [1.807, 2.05) is 0 Å². The van der Waals surface area contributed by atoms with Gasteiger partial charge in [0.1, 0.15) is 11.5 Å². The molecule has 0 aliphatic rings. The van der Waals surface area contributed by atoms with Crippen LogP contribution in [0, 0.1) is 12.3 Å². The van der Waals surface area contributed by atoms with E-state index in [-0.39, 0.29) is 11.4 Å². The highest BCUT2D eigenvalue weighted by molar-refractivity contribution is 7.90. The fourth-order valence-corrected chi connectivity index (χ4v) is 4.48. The van der Waals surface area contributed by atoms with Crippen LogP contribution in [0.25, 0.3) is 10.2 Å². The fourth-order valence-electron chi connectivity index (χ4n) is 2.70. The summed E-state index contributed by atoms with van der Waals surface area (Å²) in [6.45, 7) is 0.186. The van der Waals surface area contributed by atoms with Crippen LogP contribution in [0.3, 0.4) is 0 Å². The molecule has 3 aromatic rings. The van der Waals surface area contributed by atoms with Crippen LogP contribution in [0.4, 0.5) is 0 Å². The minimum absolute atomic E-state index is 0.186. The Kier molecular flexibility index (Phi) is 5.77. The third kappa shape index (κ3) is 4.34. The summed E-state index contributed by atoms with van der Waals surface area (Å²) in [5, 5.41) is 0. The van der Waals surface area contributed by atoms with Crippen molar-refractivity contribution in [1.82, 2.24) is 4.57 Å². The van der Waals surface area contributed by atoms with Crippen LogP contribution < -0.4 is 14.3 Å². The Morgan fingerprint density at radius 3 is 2.38 bits per heavy atom. The number of hydrogen-bond acceptors (Lipinski definition) is 6. The highest BCUT2D eigenvalue weighted by Crippen LogP contribution is 2.24. The highest BCUT2D eigenvalue weighted by atomic mass is 32.2. The maximum atomic E-state index is 12.8. The van der Waals surface area contributed by atoms with E-state index in [9.17, 15) is 13.2 Å². The summed E-state index contributed by atoms with van der Waals surface area (Å²) in [5.41, 5.74) is 0.998. The number of rotatable bonds is 5. The molecular weight excluding hydrogens is 412 g/mol. The van der Waals surface area contributed by atoms with Crippen molar-refractivity contribution in [1.29, 1.82) is 0 Å². The quantitative estimate of drug-likeness (QED) is 0.581. The molecule has 0 saturated carbocycles. The lowest BCUT2D eigenvalue weighted by molar-refractivity contribution is 0.0997. The fraction of sp³-hybridized carbons (Fsp3) is 0.200. The Morgan fingerprint density at radius 1 is 1.17 bits per heavy atom. The third-order valence-corrected chi connectivity index (χ3v) is 6.28. The van der Waals surface area contributed by atoms with Crippen LogP contribution in [0.5, 0.6) is 11.5 Å². The molecule has 0 atom stereocenters. The molecule has 1 amide bonds. The van der Waals surface area contributed by atoms with Crippen molar-refractivity contribution in [2.75, 3.05) is 20.5 Å². The number of amides is 1. The molecule has 150 valence electrons. The standard InChI is InChI=1S/C20H18N2O5S2/c1-5-8-22-17-7-6-16(29(4,24)25)12-18(17)28-20(22)21-19(23)13-9-14(26-2)11-15(10-13)27-3/h1,6-7,9-12H,8H2,2-4H3. The van der Waals surface area contributed by atoms with E-state index >= 15 is 0 Å². The summed E-state index contributed by atoms with van der Waals surface area (Å²) in [5.74, 6) is 2.97. The van der Waals surface area contributed by atoms with Gasteiger partial charge in [0.05, 0.1) is 35.9 Å². The second kappa shape index (κ2) is 8.11. The largest absolute Gasteiger partial charge is 0.497 e. The molecule has 1 aromatic heterocycles. The smallest absolute Gasteiger partial charge is 0.279 e. The monoisotopic (exact) mass is 430 g/mol. The first kappa shape index (κ1) is 20.6. The molecule has 3 rings (SSSR count). The van der Waals surface area contributed by atoms with Gasteiger partial charge >= 0.3 is 0 Å². The topological polar surface area (TPSA) is 87.0 Å². The molecule has 0 saturated heterocycles. The molecule has 0 unspecified atom stereocenters. The van der Waals surface area contributed by atoms with E-state index in [2.05, 4.69) is 10.9 Å². The molecule has 9 heteroatoms. The van der Waals surface area contributed by atoms with Gasteiger partial charge in [0, 0.05) is 17.9 Å². The van der Waals surface area contributed by atoms with E-state index in [1.165, 1.54) is 31.6 Å². The Bertz CT molecular complexity index is 1290. The first-order valence-corrected chi connectivity index (χ1v) is 11.1. The van der Waals surface area contributed by atoms with Crippen LogP contribution in [-0.2, 0) is 16.4 Å². The maximum absolute atomic E-state index is 12.8. The molecule has 0 radical (unpaired) electrons. The van der Waals surface area contributed by atoms with Crippen LogP contribution in [0.1, 0.15) is 10.4 Å². The lowest BCUT2D eigenvalue weighted by atomic mass is 10.2. The van der Waals surface area contributed by atoms with Crippen LogP contribution in [0.15, 0.2) is 46.3 Å². The number of thiazole rings is 1. The molecule has 1 heterocycles. The zero-order chi connectivity index (χ0) is 21.2. The van der Waals surface area contributed by atoms with Crippen molar-refractivity contribution < 1.29 is 22.7 Å². The van der Waals surface area contributed by atoms with Gasteiger partial charge in [0.2, 0.25) is 0 Å². The number of carbonyl (C=O) groups is 1. The summed E-state index contributed by atoms with van der Waals surface area (Å²) >= 11 is 1.19. The SMILES string of the molecule is C#CCn1c(=NC(=O)c2cc(OC)cc(OC)c2)sc2cc(S(C)(=O)=O)ccc21. The van der Waals surface area contributed by atoms with Crippen molar-refractivity contribution in [2.45, 2.75) is 11.4 Å². The van der Waals surface area contributed by atoms with Crippen molar-refractivity contribution >= 4 is 37.3 Å². The van der Waals surface area contributed by atoms with E-state index in [0.29, 0.717) is 32.1 Å². The molecule has 0 spiro atoms. The van der Waals surface area contributed by atoms with Gasteiger partial charge in [0.25, 0.3) is 5.91 Å². The van der Waals surface area contributed by atoms with Gasteiger partial charge in [-0.15, -0.1) is 6.42 Å². The van der Waals surface area contributed by atoms with Gasteiger partial charge < -0.3 is 14.0 Å². The number of nitrogens with zero attached hydrogens (tertiary/aromatic N) is 2. The molecule has 29 heavy (non-hydrogen) atoms. The zero-order valence-corrected chi connectivity index (χ0v) is 17.6. The van der Waals surface area contributed by atoms with Gasteiger partial charge in [0.15, 0.2) is 14.6 Å². The molecular formula is C20H18N2O5S2. The predicted octanol–water partition coefficient (Wildman–Crippen LogP) is 2.50. The number of benzene rings is 2. The molecule has 2 aromatic carbocycles. The van der Waals surface area contributed by atoms with Crippen molar-refractivity contribution in [2.24, 2.45) is 4.99 Å². The Morgan fingerprint density at radius 2 is 1.83 bits per heavy atom. The van der Waals surface area contributed by atoms with Gasteiger partial charge in [-0.05, 0) is 30.3 Å². The molecule has 0 aliphatic heterocycles. The summed E-state index contributed by atoms with van der Waals surface area (Å²) in [6.07, 6.45) is 6.62. The van der Waals surface area contributed by atoms with E-state index in [1.54, 1.807) is 34.9 Å². The average molecular weight is 431 g/mol.